The predicted molar refractivity (Wildman–Crippen MR) is 95.8 cm³/mol. The first-order chi connectivity index (χ1) is 13.1. The smallest absolute Gasteiger partial charge is 0.313 e. The summed E-state index contributed by atoms with van der Waals surface area (Å²) in [5, 5.41) is 18.0. The van der Waals surface area contributed by atoms with Gasteiger partial charge in [0.05, 0.1) is 29.7 Å². The van der Waals surface area contributed by atoms with Crippen LogP contribution in [-0.4, -0.2) is 28.2 Å². The maximum absolute atomic E-state index is 12.0. The van der Waals surface area contributed by atoms with E-state index in [0.29, 0.717) is 0 Å². The molecule has 2 heterocycles. The number of rotatable bonds is 4. The summed E-state index contributed by atoms with van der Waals surface area (Å²) in [5.74, 6) is 0.266. The number of methoxy groups -OCH3 is 1. The van der Waals surface area contributed by atoms with E-state index in [4.69, 9.17) is 9.47 Å². The molecule has 1 unspecified atom stereocenters. The second-order valence-corrected chi connectivity index (χ2v) is 6.13. The van der Waals surface area contributed by atoms with Crippen LogP contribution in [0.15, 0.2) is 48.5 Å². The molecule has 1 aliphatic rings. The first-order valence-corrected chi connectivity index (χ1v) is 8.24. The Balaban J connectivity index is 1.78. The fourth-order valence-electron chi connectivity index (χ4n) is 3.24. The van der Waals surface area contributed by atoms with E-state index in [9.17, 15) is 14.9 Å². The number of esters is 1. The van der Waals surface area contributed by atoms with Gasteiger partial charge in [-0.1, -0.05) is 12.1 Å². The number of ether oxygens (including phenoxy) is 2. The average Bonchev–Trinajstić information content (AvgIpc) is 3.11. The lowest BCUT2D eigenvalue weighted by Crippen LogP contribution is -2.20. The Morgan fingerprint density at radius 3 is 2.52 bits per heavy atom. The van der Waals surface area contributed by atoms with Crippen molar-refractivity contribution in [1.82, 2.24) is 10.2 Å². The monoisotopic (exact) mass is 365 g/mol. The molecule has 27 heavy (non-hydrogen) atoms. The zero-order chi connectivity index (χ0) is 19.0. The van der Waals surface area contributed by atoms with Crippen molar-refractivity contribution in [2.24, 2.45) is 0 Å². The Bertz CT molecular complexity index is 1010. The number of hydrogen-bond donors (Lipinski definition) is 1. The Morgan fingerprint density at radius 2 is 1.89 bits per heavy atom. The number of nitrogens with zero attached hydrogens (tertiary/aromatic N) is 2. The van der Waals surface area contributed by atoms with Crippen LogP contribution in [0.4, 0.5) is 5.69 Å². The van der Waals surface area contributed by atoms with Crippen LogP contribution in [0.3, 0.4) is 0 Å². The number of aromatic nitrogens is 2. The van der Waals surface area contributed by atoms with Gasteiger partial charge in [-0.2, -0.15) is 0 Å². The van der Waals surface area contributed by atoms with E-state index in [2.05, 4.69) is 10.2 Å². The van der Waals surface area contributed by atoms with Crippen LogP contribution in [-0.2, 0) is 4.79 Å². The molecule has 0 bridgehead atoms. The summed E-state index contributed by atoms with van der Waals surface area (Å²) < 4.78 is 10.5. The molecule has 8 heteroatoms. The fraction of sp³-hybridized carbons (Fsp3) is 0.158. The standard InChI is InChI=1S/C19H15N3O5/c1-26-14-8-4-12(5-9-14)18-17-15(10-16(23)27-19(17)21-20-18)11-2-6-13(7-3-11)22(24)25/h2-9,15H,10H2,1H3,(H,20,21). The molecular weight excluding hydrogens is 350 g/mol. The molecule has 0 radical (unpaired) electrons. The van der Waals surface area contributed by atoms with Crippen molar-refractivity contribution < 1.29 is 19.2 Å². The molecule has 0 spiro atoms. The van der Waals surface area contributed by atoms with Gasteiger partial charge < -0.3 is 9.47 Å². The molecule has 1 N–H and O–H groups in total. The highest BCUT2D eigenvalue weighted by atomic mass is 16.6. The number of nitrogens with one attached hydrogen (secondary N) is 1. The van der Waals surface area contributed by atoms with Crippen LogP contribution in [0.25, 0.3) is 11.3 Å². The third-order valence-corrected chi connectivity index (χ3v) is 4.58. The molecule has 136 valence electrons. The average molecular weight is 365 g/mol. The quantitative estimate of drug-likeness (QED) is 0.431. The molecule has 0 aliphatic carbocycles. The molecule has 1 aromatic heterocycles. The number of benzene rings is 2. The molecule has 4 rings (SSSR count). The number of carbonyl (C=O) groups is 1. The molecule has 1 atom stereocenters. The Morgan fingerprint density at radius 1 is 1.19 bits per heavy atom. The van der Waals surface area contributed by atoms with E-state index < -0.39 is 10.9 Å². The SMILES string of the molecule is COc1ccc(-c2[nH]nc3c2C(c2ccc([N+](=O)[O-])cc2)CC(=O)O3)cc1. The van der Waals surface area contributed by atoms with Crippen molar-refractivity contribution in [2.75, 3.05) is 7.11 Å². The van der Waals surface area contributed by atoms with Crippen LogP contribution in [0.2, 0.25) is 0 Å². The van der Waals surface area contributed by atoms with E-state index in [1.807, 2.05) is 24.3 Å². The van der Waals surface area contributed by atoms with Crippen molar-refractivity contribution in [3.63, 3.8) is 0 Å². The Hall–Kier alpha value is -3.68. The van der Waals surface area contributed by atoms with Crippen LogP contribution >= 0.6 is 0 Å². The van der Waals surface area contributed by atoms with E-state index in [-0.39, 0.29) is 23.9 Å². The molecule has 0 saturated carbocycles. The number of hydrogen-bond acceptors (Lipinski definition) is 6. The lowest BCUT2D eigenvalue weighted by atomic mass is 9.85. The number of nitro groups is 1. The minimum absolute atomic E-state index is 0.0000640. The minimum atomic E-state index is -0.453. The van der Waals surface area contributed by atoms with Gasteiger partial charge in [-0.15, -0.1) is 5.10 Å². The van der Waals surface area contributed by atoms with Gasteiger partial charge in [-0.05, 0) is 29.8 Å². The van der Waals surface area contributed by atoms with Crippen molar-refractivity contribution in [1.29, 1.82) is 0 Å². The summed E-state index contributed by atoms with van der Waals surface area (Å²) in [6, 6.07) is 13.6. The van der Waals surface area contributed by atoms with Crippen molar-refractivity contribution in [3.05, 3.63) is 69.8 Å². The van der Waals surface area contributed by atoms with E-state index >= 15 is 0 Å². The first kappa shape index (κ1) is 16.8. The second-order valence-electron chi connectivity index (χ2n) is 6.13. The van der Waals surface area contributed by atoms with E-state index in [0.717, 1.165) is 28.1 Å². The molecule has 8 nitrogen and oxygen atoms in total. The van der Waals surface area contributed by atoms with Gasteiger partial charge >= 0.3 is 5.97 Å². The Labute approximate surface area is 153 Å². The van der Waals surface area contributed by atoms with Gasteiger partial charge in [-0.3, -0.25) is 20.0 Å². The predicted octanol–water partition coefficient (Wildman–Crippen LogP) is 3.43. The zero-order valence-corrected chi connectivity index (χ0v) is 14.3. The van der Waals surface area contributed by atoms with Crippen LogP contribution in [0.1, 0.15) is 23.5 Å². The fourth-order valence-corrected chi connectivity index (χ4v) is 3.24. The lowest BCUT2D eigenvalue weighted by Gasteiger charge is -2.22. The highest BCUT2D eigenvalue weighted by Gasteiger charge is 2.34. The number of nitro benzene ring substituents is 1. The maximum atomic E-state index is 12.0. The van der Waals surface area contributed by atoms with Crippen molar-refractivity contribution in [2.45, 2.75) is 12.3 Å². The van der Waals surface area contributed by atoms with Gasteiger partial charge in [-0.25, -0.2) is 0 Å². The number of aromatic amines is 1. The Kier molecular flexibility index (Phi) is 4.08. The number of non-ortho nitro benzene ring substituents is 1. The summed E-state index contributed by atoms with van der Waals surface area (Å²) in [5.41, 5.74) is 3.15. The number of H-pyrrole nitrogens is 1. The highest BCUT2D eigenvalue weighted by Crippen LogP contribution is 2.43. The molecule has 3 aromatic rings. The summed E-state index contributed by atoms with van der Waals surface area (Å²) in [6.07, 6.45) is 0.132. The molecule has 0 amide bonds. The molecule has 1 aliphatic heterocycles. The minimum Gasteiger partial charge on any atom is -0.497 e. The third-order valence-electron chi connectivity index (χ3n) is 4.58. The van der Waals surface area contributed by atoms with Gasteiger partial charge in [0.1, 0.15) is 5.75 Å². The molecule has 0 saturated heterocycles. The molecular formula is C19H15N3O5. The molecule has 0 fully saturated rings. The van der Waals surface area contributed by atoms with Gasteiger partial charge in [0.15, 0.2) is 0 Å². The normalized spacial score (nSPS) is 15.7. The van der Waals surface area contributed by atoms with E-state index in [1.165, 1.54) is 12.1 Å². The van der Waals surface area contributed by atoms with Crippen molar-refractivity contribution >= 4 is 11.7 Å². The number of fused-ring (bicyclic) bond motifs is 1. The first-order valence-electron chi connectivity index (χ1n) is 8.24. The van der Waals surface area contributed by atoms with Crippen LogP contribution < -0.4 is 9.47 Å². The lowest BCUT2D eigenvalue weighted by molar-refractivity contribution is -0.384. The number of carbonyl (C=O) groups excluding carboxylic acids is 1. The summed E-state index contributed by atoms with van der Waals surface area (Å²) in [4.78, 5) is 22.5. The zero-order valence-electron chi connectivity index (χ0n) is 14.3. The third kappa shape index (κ3) is 3.01. The topological polar surface area (TPSA) is 107 Å². The van der Waals surface area contributed by atoms with Gasteiger partial charge in [0.2, 0.25) is 5.88 Å². The summed E-state index contributed by atoms with van der Waals surface area (Å²) in [6.45, 7) is 0. The molecule has 2 aromatic carbocycles. The second kappa shape index (κ2) is 6.56. The largest absolute Gasteiger partial charge is 0.497 e. The van der Waals surface area contributed by atoms with Crippen molar-refractivity contribution in [3.8, 4) is 22.9 Å². The maximum Gasteiger partial charge on any atom is 0.313 e. The van der Waals surface area contributed by atoms with Gasteiger partial charge in [0.25, 0.3) is 5.69 Å². The van der Waals surface area contributed by atoms with Crippen LogP contribution in [0.5, 0.6) is 11.6 Å². The van der Waals surface area contributed by atoms with E-state index in [1.54, 1.807) is 19.2 Å². The van der Waals surface area contributed by atoms with Crippen LogP contribution in [0, 0.1) is 10.1 Å². The van der Waals surface area contributed by atoms with Gasteiger partial charge in [0, 0.05) is 23.6 Å². The highest BCUT2D eigenvalue weighted by molar-refractivity contribution is 5.80. The summed E-state index contributed by atoms with van der Waals surface area (Å²) >= 11 is 0. The summed E-state index contributed by atoms with van der Waals surface area (Å²) in [7, 11) is 1.59.